The third-order valence-electron chi connectivity index (χ3n) is 2.62. The number of nitrogens with one attached hydrogen (secondary N) is 1. The van der Waals surface area contributed by atoms with Crippen LogP contribution < -0.4 is 5.32 Å². The zero-order valence-corrected chi connectivity index (χ0v) is 10.8. The lowest BCUT2D eigenvalue weighted by atomic mass is 10.1. The summed E-state index contributed by atoms with van der Waals surface area (Å²) in [7, 11) is 0. The Morgan fingerprint density at radius 3 is 2.27 bits per heavy atom. The molecule has 0 bridgehead atoms. The zero-order valence-electron chi connectivity index (χ0n) is 10.8. The highest BCUT2D eigenvalue weighted by Crippen LogP contribution is 2.02. The molecule has 0 heterocycles. The summed E-state index contributed by atoms with van der Waals surface area (Å²) >= 11 is 0. The Kier molecular flexibility index (Phi) is 9.06. The van der Waals surface area contributed by atoms with E-state index in [1.807, 2.05) is 0 Å². The monoisotopic (exact) mass is 216 g/mol. The Bertz CT molecular complexity index is 136. The van der Waals surface area contributed by atoms with E-state index in [2.05, 4.69) is 37.9 Å². The minimum atomic E-state index is -0.193. The number of nitrogens with zero attached hydrogens (tertiary/aromatic N) is 1. The Hall–Kier alpha value is -0.120. The van der Waals surface area contributed by atoms with Crippen LogP contribution in [0.4, 0.5) is 0 Å². The second-order valence-electron chi connectivity index (χ2n) is 4.51. The van der Waals surface area contributed by atoms with E-state index in [0.717, 1.165) is 39.1 Å². The van der Waals surface area contributed by atoms with Gasteiger partial charge in [0, 0.05) is 19.6 Å². The molecule has 0 aliphatic heterocycles. The molecule has 0 spiro atoms. The van der Waals surface area contributed by atoms with Gasteiger partial charge in [-0.25, -0.2) is 0 Å². The van der Waals surface area contributed by atoms with Gasteiger partial charge in [0.05, 0.1) is 6.10 Å². The number of rotatable bonds is 9. The SMILES string of the molecule is CCN(CC)CCNCC(O)CC(C)C. The Balaban J connectivity index is 3.37. The predicted octanol–water partition coefficient (Wildman–Crippen LogP) is 1.32. The van der Waals surface area contributed by atoms with Crippen molar-refractivity contribution in [1.82, 2.24) is 10.2 Å². The van der Waals surface area contributed by atoms with Crippen LogP contribution in [0.5, 0.6) is 0 Å². The Morgan fingerprint density at radius 2 is 1.80 bits per heavy atom. The van der Waals surface area contributed by atoms with Crippen molar-refractivity contribution in [2.45, 2.75) is 40.2 Å². The molecule has 0 aromatic carbocycles. The van der Waals surface area contributed by atoms with E-state index in [9.17, 15) is 5.11 Å². The fourth-order valence-corrected chi connectivity index (χ4v) is 1.67. The first-order valence-electron chi connectivity index (χ1n) is 6.21. The van der Waals surface area contributed by atoms with Crippen LogP contribution in [0.2, 0.25) is 0 Å². The summed E-state index contributed by atoms with van der Waals surface area (Å²) in [5.74, 6) is 0.574. The molecule has 0 radical (unpaired) electrons. The average Bonchev–Trinajstić information content (AvgIpc) is 2.17. The second kappa shape index (κ2) is 9.13. The normalized spacial score (nSPS) is 13.8. The zero-order chi connectivity index (χ0) is 11.7. The summed E-state index contributed by atoms with van der Waals surface area (Å²) in [5.41, 5.74) is 0. The highest BCUT2D eigenvalue weighted by molar-refractivity contribution is 4.63. The quantitative estimate of drug-likeness (QED) is 0.571. The van der Waals surface area contributed by atoms with E-state index in [0.29, 0.717) is 5.92 Å². The first-order valence-corrected chi connectivity index (χ1v) is 6.21. The fraction of sp³-hybridized carbons (Fsp3) is 1.00. The number of hydrogen-bond acceptors (Lipinski definition) is 3. The van der Waals surface area contributed by atoms with Gasteiger partial charge in [-0.05, 0) is 25.4 Å². The molecule has 0 saturated heterocycles. The summed E-state index contributed by atoms with van der Waals surface area (Å²) in [6, 6.07) is 0. The van der Waals surface area contributed by atoms with Crippen molar-refractivity contribution >= 4 is 0 Å². The first-order chi connectivity index (χ1) is 7.10. The van der Waals surface area contributed by atoms with Crippen molar-refractivity contribution in [1.29, 1.82) is 0 Å². The standard InChI is InChI=1S/C12H28N2O/c1-5-14(6-2)8-7-13-10-12(15)9-11(3)4/h11-13,15H,5-10H2,1-4H3. The maximum absolute atomic E-state index is 9.62. The van der Waals surface area contributed by atoms with Crippen LogP contribution >= 0.6 is 0 Å². The van der Waals surface area contributed by atoms with Gasteiger partial charge in [0.1, 0.15) is 0 Å². The van der Waals surface area contributed by atoms with E-state index >= 15 is 0 Å². The number of hydrogen-bond donors (Lipinski definition) is 2. The molecule has 0 aromatic rings. The van der Waals surface area contributed by atoms with Crippen LogP contribution in [-0.2, 0) is 0 Å². The van der Waals surface area contributed by atoms with Crippen molar-refractivity contribution in [3.8, 4) is 0 Å². The maximum atomic E-state index is 9.62. The highest BCUT2D eigenvalue weighted by Gasteiger charge is 2.06. The molecule has 0 saturated carbocycles. The van der Waals surface area contributed by atoms with Crippen LogP contribution in [0, 0.1) is 5.92 Å². The van der Waals surface area contributed by atoms with Crippen molar-refractivity contribution in [2.24, 2.45) is 5.92 Å². The molecule has 15 heavy (non-hydrogen) atoms. The van der Waals surface area contributed by atoms with Crippen molar-refractivity contribution < 1.29 is 5.11 Å². The highest BCUT2D eigenvalue weighted by atomic mass is 16.3. The largest absolute Gasteiger partial charge is 0.392 e. The van der Waals surface area contributed by atoms with Crippen molar-refractivity contribution in [2.75, 3.05) is 32.7 Å². The summed E-state index contributed by atoms with van der Waals surface area (Å²) in [4.78, 5) is 2.38. The molecule has 0 fully saturated rings. The second-order valence-corrected chi connectivity index (χ2v) is 4.51. The van der Waals surface area contributed by atoms with Gasteiger partial charge in [0.2, 0.25) is 0 Å². The van der Waals surface area contributed by atoms with Crippen molar-refractivity contribution in [3.63, 3.8) is 0 Å². The number of likely N-dealkylation sites (N-methyl/N-ethyl adjacent to an activating group) is 1. The molecular weight excluding hydrogens is 188 g/mol. The molecule has 0 amide bonds. The molecule has 3 nitrogen and oxygen atoms in total. The third kappa shape index (κ3) is 8.85. The van der Waals surface area contributed by atoms with Gasteiger partial charge >= 0.3 is 0 Å². The van der Waals surface area contributed by atoms with Crippen LogP contribution in [0.3, 0.4) is 0 Å². The summed E-state index contributed by atoms with van der Waals surface area (Å²) in [6.45, 7) is 13.6. The summed E-state index contributed by atoms with van der Waals surface area (Å²) in [5, 5.41) is 12.9. The lowest BCUT2D eigenvalue weighted by Gasteiger charge is -2.19. The molecular formula is C12H28N2O. The lowest BCUT2D eigenvalue weighted by Crippen LogP contribution is -2.35. The van der Waals surface area contributed by atoms with Crippen LogP contribution in [0.15, 0.2) is 0 Å². The van der Waals surface area contributed by atoms with E-state index in [-0.39, 0.29) is 6.10 Å². The third-order valence-corrected chi connectivity index (χ3v) is 2.62. The molecule has 0 aliphatic rings. The van der Waals surface area contributed by atoms with Crippen LogP contribution in [0.25, 0.3) is 0 Å². The molecule has 3 heteroatoms. The first kappa shape index (κ1) is 14.9. The van der Waals surface area contributed by atoms with Gasteiger partial charge in [-0.2, -0.15) is 0 Å². The Labute approximate surface area is 94.9 Å². The van der Waals surface area contributed by atoms with Gasteiger partial charge in [0.15, 0.2) is 0 Å². The molecule has 92 valence electrons. The van der Waals surface area contributed by atoms with Crippen molar-refractivity contribution in [3.05, 3.63) is 0 Å². The molecule has 1 atom stereocenters. The van der Waals surface area contributed by atoms with Gasteiger partial charge in [-0.15, -0.1) is 0 Å². The smallest absolute Gasteiger partial charge is 0.0667 e. The van der Waals surface area contributed by atoms with Gasteiger partial charge in [-0.1, -0.05) is 27.7 Å². The molecule has 2 N–H and O–H groups in total. The number of aliphatic hydroxyl groups excluding tert-OH is 1. The summed E-state index contributed by atoms with van der Waals surface area (Å²) < 4.78 is 0. The average molecular weight is 216 g/mol. The van der Waals surface area contributed by atoms with E-state index in [1.54, 1.807) is 0 Å². The van der Waals surface area contributed by atoms with Crippen LogP contribution in [0.1, 0.15) is 34.1 Å². The van der Waals surface area contributed by atoms with E-state index in [4.69, 9.17) is 0 Å². The molecule has 0 aromatic heterocycles. The summed E-state index contributed by atoms with van der Waals surface area (Å²) in [6.07, 6.45) is 0.694. The molecule has 0 rings (SSSR count). The predicted molar refractivity (Wildman–Crippen MR) is 66.1 cm³/mol. The van der Waals surface area contributed by atoms with Gasteiger partial charge in [-0.3, -0.25) is 0 Å². The molecule has 1 unspecified atom stereocenters. The minimum Gasteiger partial charge on any atom is -0.392 e. The van der Waals surface area contributed by atoms with E-state index < -0.39 is 0 Å². The lowest BCUT2D eigenvalue weighted by molar-refractivity contribution is 0.145. The maximum Gasteiger partial charge on any atom is 0.0667 e. The fourth-order valence-electron chi connectivity index (χ4n) is 1.67. The number of aliphatic hydroxyl groups is 1. The molecule has 0 aliphatic carbocycles. The Morgan fingerprint density at radius 1 is 1.20 bits per heavy atom. The van der Waals surface area contributed by atoms with E-state index in [1.165, 1.54) is 0 Å². The van der Waals surface area contributed by atoms with Gasteiger partial charge < -0.3 is 15.3 Å². The minimum absolute atomic E-state index is 0.193. The van der Waals surface area contributed by atoms with Gasteiger partial charge in [0.25, 0.3) is 0 Å². The van der Waals surface area contributed by atoms with Crippen LogP contribution in [-0.4, -0.2) is 48.8 Å². The topological polar surface area (TPSA) is 35.5 Å².